The summed E-state index contributed by atoms with van der Waals surface area (Å²) in [6.45, 7) is 2.56. The Morgan fingerprint density at radius 2 is 2.24 bits per heavy atom. The van der Waals surface area contributed by atoms with Crippen molar-refractivity contribution in [3.05, 3.63) is 22.7 Å². The standard InChI is InChI=1S/C13H15BrClNO4S/c1-2-12-9(5-6-20-12)13(17)16-11-4-3-8(7-10(11)14)21(15,18)19/h3-4,7,9,12H,2,5-6H2,1H3,(H,16,17). The van der Waals surface area contributed by atoms with Gasteiger partial charge in [-0.1, -0.05) is 6.92 Å². The second kappa shape index (κ2) is 6.64. The van der Waals surface area contributed by atoms with Crippen LogP contribution in [0.2, 0.25) is 0 Å². The highest BCUT2D eigenvalue weighted by Gasteiger charge is 2.33. The largest absolute Gasteiger partial charge is 0.377 e. The maximum atomic E-state index is 12.3. The van der Waals surface area contributed by atoms with E-state index >= 15 is 0 Å². The molecule has 0 radical (unpaired) electrons. The number of amides is 1. The maximum absolute atomic E-state index is 12.3. The molecule has 0 bridgehead atoms. The Morgan fingerprint density at radius 1 is 1.52 bits per heavy atom. The van der Waals surface area contributed by atoms with Crippen molar-refractivity contribution in [1.29, 1.82) is 0 Å². The molecule has 1 N–H and O–H groups in total. The summed E-state index contributed by atoms with van der Waals surface area (Å²) in [6.07, 6.45) is 1.41. The van der Waals surface area contributed by atoms with Crippen molar-refractivity contribution < 1.29 is 17.9 Å². The zero-order valence-corrected chi connectivity index (χ0v) is 14.5. The molecule has 21 heavy (non-hydrogen) atoms. The number of benzene rings is 1. The van der Waals surface area contributed by atoms with Crippen molar-refractivity contribution in [2.75, 3.05) is 11.9 Å². The van der Waals surface area contributed by atoms with E-state index in [1.54, 1.807) is 0 Å². The van der Waals surface area contributed by atoms with E-state index < -0.39 is 9.05 Å². The van der Waals surface area contributed by atoms with Gasteiger partial charge in [0, 0.05) is 21.8 Å². The third kappa shape index (κ3) is 3.97. The van der Waals surface area contributed by atoms with E-state index in [4.69, 9.17) is 15.4 Å². The summed E-state index contributed by atoms with van der Waals surface area (Å²) in [5, 5.41) is 2.79. The summed E-state index contributed by atoms with van der Waals surface area (Å²) in [7, 11) is 1.49. The third-order valence-corrected chi connectivity index (χ3v) is 5.44. The first kappa shape index (κ1) is 16.7. The molecule has 5 nitrogen and oxygen atoms in total. The molecule has 1 fully saturated rings. The van der Waals surface area contributed by atoms with Gasteiger partial charge in [-0.15, -0.1) is 0 Å². The summed E-state index contributed by atoms with van der Waals surface area (Å²) in [6, 6.07) is 4.22. The van der Waals surface area contributed by atoms with Crippen LogP contribution in [0.15, 0.2) is 27.6 Å². The molecule has 1 aromatic carbocycles. The van der Waals surface area contributed by atoms with Gasteiger partial charge in [0.25, 0.3) is 9.05 Å². The van der Waals surface area contributed by atoms with Gasteiger partial charge in [0.2, 0.25) is 5.91 Å². The lowest BCUT2D eigenvalue weighted by Crippen LogP contribution is -2.29. The minimum atomic E-state index is -3.79. The zero-order valence-electron chi connectivity index (χ0n) is 11.3. The summed E-state index contributed by atoms with van der Waals surface area (Å²) >= 11 is 3.24. The lowest BCUT2D eigenvalue weighted by Gasteiger charge is -2.17. The van der Waals surface area contributed by atoms with Gasteiger partial charge in [-0.3, -0.25) is 4.79 Å². The van der Waals surface area contributed by atoms with E-state index in [-0.39, 0.29) is 22.8 Å². The number of carbonyl (C=O) groups excluding carboxylic acids is 1. The maximum Gasteiger partial charge on any atom is 0.261 e. The minimum Gasteiger partial charge on any atom is -0.377 e. The number of anilines is 1. The number of rotatable bonds is 4. The molecule has 8 heteroatoms. The third-order valence-electron chi connectivity index (χ3n) is 3.43. The molecule has 0 saturated carbocycles. The van der Waals surface area contributed by atoms with Gasteiger partial charge in [0.05, 0.1) is 22.6 Å². The Bertz CT molecular complexity index is 650. The predicted molar refractivity (Wildman–Crippen MR) is 83.9 cm³/mol. The average molecular weight is 397 g/mol. The van der Waals surface area contributed by atoms with Gasteiger partial charge in [-0.05, 0) is 47.0 Å². The fourth-order valence-corrected chi connectivity index (χ4v) is 3.73. The normalized spacial score (nSPS) is 22.2. The molecular weight excluding hydrogens is 382 g/mol. The first-order valence-corrected chi connectivity index (χ1v) is 9.60. The molecular formula is C13H15BrClNO4S. The van der Waals surface area contributed by atoms with E-state index in [1.165, 1.54) is 18.2 Å². The van der Waals surface area contributed by atoms with Crippen molar-refractivity contribution in [2.45, 2.75) is 30.8 Å². The van der Waals surface area contributed by atoms with Gasteiger partial charge >= 0.3 is 0 Å². The van der Waals surface area contributed by atoms with Crippen LogP contribution in [0.5, 0.6) is 0 Å². The van der Waals surface area contributed by atoms with Crippen molar-refractivity contribution in [1.82, 2.24) is 0 Å². The number of hydrogen-bond donors (Lipinski definition) is 1. The summed E-state index contributed by atoms with van der Waals surface area (Å²) < 4.78 is 28.5. The molecule has 1 saturated heterocycles. The van der Waals surface area contributed by atoms with Gasteiger partial charge in [0.1, 0.15) is 0 Å². The molecule has 1 aliphatic rings. The second-order valence-electron chi connectivity index (χ2n) is 4.78. The second-order valence-corrected chi connectivity index (χ2v) is 8.20. The molecule has 2 atom stereocenters. The van der Waals surface area contributed by atoms with Gasteiger partial charge in [-0.2, -0.15) is 0 Å². The highest BCUT2D eigenvalue weighted by atomic mass is 79.9. The van der Waals surface area contributed by atoms with E-state index in [1.807, 2.05) is 6.92 Å². The smallest absolute Gasteiger partial charge is 0.261 e. The molecule has 1 heterocycles. The molecule has 2 rings (SSSR count). The van der Waals surface area contributed by atoms with Crippen LogP contribution in [-0.4, -0.2) is 27.0 Å². The highest BCUT2D eigenvalue weighted by molar-refractivity contribution is 9.10. The molecule has 116 valence electrons. The zero-order chi connectivity index (χ0) is 15.6. The Balaban J connectivity index is 2.15. The Morgan fingerprint density at radius 3 is 2.81 bits per heavy atom. The lowest BCUT2D eigenvalue weighted by atomic mass is 9.98. The number of halogens is 2. The van der Waals surface area contributed by atoms with Crippen LogP contribution in [0, 0.1) is 5.92 Å². The van der Waals surface area contributed by atoms with Crippen LogP contribution in [0.25, 0.3) is 0 Å². The predicted octanol–water partition coefficient (Wildman–Crippen LogP) is 3.13. The number of nitrogens with one attached hydrogen (secondary N) is 1. The Labute approximate surface area is 136 Å². The van der Waals surface area contributed by atoms with E-state index in [2.05, 4.69) is 21.2 Å². The molecule has 2 unspecified atom stereocenters. The Hall–Kier alpha value is -0.630. The molecule has 1 aliphatic heterocycles. The monoisotopic (exact) mass is 395 g/mol. The summed E-state index contributed by atoms with van der Waals surface area (Å²) in [5.74, 6) is -0.306. The number of ether oxygens (including phenoxy) is 1. The van der Waals surface area contributed by atoms with Crippen LogP contribution in [0.1, 0.15) is 19.8 Å². The van der Waals surface area contributed by atoms with Crippen LogP contribution < -0.4 is 5.32 Å². The Kier molecular flexibility index (Phi) is 5.29. The van der Waals surface area contributed by atoms with E-state index in [9.17, 15) is 13.2 Å². The molecule has 0 spiro atoms. The fraction of sp³-hybridized carbons (Fsp3) is 0.462. The fourth-order valence-electron chi connectivity index (χ4n) is 2.33. The SMILES string of the molecule is CCC1OCCC1C(=O)Nc1ccc(S(=O)(=O)Cl)cc1Br. The molecule has 0 aliphatic carbocycles. The quantitative estimate of drug-likeness (QED) is 0.794. The highest BCUT2D eigenvalue weighted by Crippen LogP contribution is 2.30. The van der Waals surface area contributed by atoms with Gasteiger partial charge < -0.3 is 10.1 Å². The van der Waals surface area contributed by atoms with Crippen molar-refractivity contribution in [3.63, 3.8) is 0 Å². The molecule has 1 aromatic rings. The van der Waals surface area contributed by atoms with Crippen molar-refractivity contribution >= 4 is 47.3 Å². The van der Waals surface area contributed by atoms with Crippen molar-refractivity contribution in [3.8, 4) is 0 Å². The first-order valence-electron chi connectivity index (χ1n) is 6.49. The lowest BCUT2D eigenvalue weighted by molar-refractivity contribution is -0.121. The van der Waals surface area contributed by atoms with Crippen LogP contribution in [0.4, 0.5) is 5.69 Å². The van der Waals surface area contributed by atoms with Crippen LogP contribution in [0.3, 0.4) is 0 Å². The van der Waals surface area contributed by atoms with E-state index in [0.29, 0.717) is 23.2 Å². The van der Waals surface area contributed by atoms with E-state index in [0.717, 1.165) is 6.42 Å². The average Bonchev–Trinajstić information content (AvgIpc) is 2.88. The van der Waals surface area contributed by atoms with Crippen LogP contribution in [-0.2, 0) is 18.6 Å². The van der Waals surface area contributed by atoms with Gasteiger partial charge in [-0.25, -0.2) is 8.42 Å². The minimum absolute atomic E-state index is 0.0234. The number of hydrogen-bond acceptors (Lipinski definition) is 4. The topological polar surface area (TPSA) is 72.5 Å². The molecule has 0 aromatic heterocycles. The number of carbonyl (C=O) groups is 1. The van der Waals surface area contributed by atoms with Crippen LogP contribution >= 0.6 is 26.6 Å². The summed E-state index contributed by atoms with van der Waals surface area (Å²) in [5.41, 5.74) is 0.505. The molecule has 1 amide bonds. The first-order chi connectivity index (χ1) is 9.82. The van der Waals surface area contributed by atoms with Gasteiger partial charge in [0.15, 0.2) is 0 Å². The summed E-state index contributed by atoms with van der Waals surface area (Å²) in [4.78, 5) is 12.2. The van der Waals surface area contributed by atoms with Crippen molar-refractivity contribution in [2.24, 2.45) is 5.92 Å².